The number of amides is 4. The highest BCUT2D eigenvalue weighted by Gasteiger charge is 2.33. The molecule has 3 N–H and O–H groups in total. The number of fused-ring (bicyclic) bond motifs is 1. The number of carbonyl (C=O) groups excluding carboxylic acids is 2. The summed E-state index contributed by atoms with van der Waals surface area (Å²) < 4.78 is 27.0. The van der Waals surface area contributed by atoms with E-state index in [9.17, 15) is 9.59 Å². The van der Waals surface area contributed by atoms with Crippen LogP contribution in [0.15, 0.2) is 60.8 Å². The summed E-state index contributed by atoms with van der Waals surface area (Å²) in [6, 6.07) is 15.5. The lowest BCUT2D eigenvalue weighted by atomic mass is 10.1. The molecule has 2 heterocycles. The molecular formula is C31H34FN5O4S. The molecule has 1 aliphatic rings. The minimum Gasteiger partial charge on any atom is -0.453 e. The van der Waals surface area contributed by atoms with Crippen molar-refractivity contribution < 1.29 is 23.5 Å². The Balaban J connectivity index is 1.33. The zero-order chi connectivity index (χ0) is 29.8. The van der Waals surface area contributed by atoms with Crippen LogP contribution in [-0.4, -0.2) is 54.3 Å². The fourth-order valence-corrected chi connectivity index (χ4v) is 5.69. The van der Waals surface area contributed by atoms with Crippen molar-refractivity contribution in [1.29, 1.82) is 0 Å². The lowest BCUT2D eigenvalue weighted by molar-refractivity contribution is 0.145. The van der Waals surface area contributed by atoms with E-state index in [-0.39, 0.29) is 23.9 Å². The number of aromatic nitrogens is 1. The second kappa shape index (κ2) is 12.7. The number of urea groups is 2. The molecule has 0 bridgehead atoms. The number of carbonyl (C=O) groups is 2. The van der Waals surface area contributed by atoms with Crippen LogP contribution in [0.2, 0.25) is 0 Å². The van der Waals surface area contributed by atoms with E-state index in [1.165, 1.54) is 28.4 Å². The Bertz CT molecular complexity index is 1570. The average Bonchev–Trinajstić information content (AvgIpc) is 3.68. The zero-order valence-electron chi connectivity index (χ0n) is 23.8. The molecule has 2 aromatic carbocycles. The third-order valence-corrected chi connectivity index (χ3v) is 8.00. The van der Waals surface area contributed by atoms with Gasteiger partial charge in [0.2, 0.25) is 0 Å². The van der Waals surface area contributed by atoms with Crippen molar-refractivity contribution in [3.8, 4) is 21.9 Å². The number of hydrogen-bond acceptors (Lipinski definition) is 6. The molecule has 0 aliphatic heterocycles. The topological polar surface area (TPSA) is 110 Å². The second-order valence-corrected chi connectivity index (χ2v) is 11.6. The number of ether oxygens (including phenoxy) is 2. The fraction of sp³-hybridized carbons (Fsp3) is 0.323. The van der Waals surface area contributed by atoms with Gasteiger partial charge in [0.05, 0.1) is 16.8 Å². The molecular weight excluding hydrogens is 557 g/mol. The van der Waals surface area contributed by atoms with Gasteiger partial charge < -0.3 is 25.4 Å². The second-order valence-electron chi connectivity index (χ2n) is 10.5. The minimum atomic E-state index is -0.597. The lowest BCUT2D eigenvalue weighted by Crippen LogP contribution is -2.43. The molecule has 4 aromatic rings. The maximum Gasteiger partial charge on any atom is 0.319 e. The molecule has 9 nitrogen and oxygen atoms in total. The largest absolute Gasteiger partial charge is 0.453 e. The summed E-state index contributed by atoms with van der Waals surface area (Å²) in [5.74, 6) is -0.0536. The van der Waals surface area contributed by atoms with Crippen LogP contribution in [0, 0.1) is 5.82 Å². The van der Waals surface area contributed by atoms with Crippen molar-refractivity contribution in [2.24, 2.45) is 5.73 Å². The van der Waals surface area contributed by atoms with Gasteiger partial charge in [0, 0.05) is 61.2 Å². The molecule has 1 aliphatic carbocycles. The number of nitrogens with one attached hydrogen (secondary N) is 1. The van der Waals surface area contributed by atoms with Crippen molar-refractivity contribution in [2.75, 3.05) is 25.2 Å². The zero-order valence-corrected chi connectivity index (χ0v) is 24.6. The molecule has 0 saturated heterocycles. The Hall–Kier alpha value is -4.22. The highest BCUT2D eigenvalue weighted by molar-refractivity contribution is 7.22. The number of benzene rings is 2. The van der Waals surface area contributed by atoms with Gasteiger partial charge in [0.25, 0.3) is 0 Å². The SMILES string of the molecule is COCCN(Cc1ccc(-c2cc3nccc(Oc4ccc(N(C(N)=O)C5CC5)cc4F)c3s2)cc1)C(=O)NC(C)C. The van der Waals surface area contributed by atoms with Crippen molar-refractivity contribution >= 4 is 39.3 Å². The number of primary amides is 1. The van der Waals surface area contributed by atoms with Crippen molar-refractivity contribution in [3.63, 3.8) is 0 Å². The van der Waals surface area contributed by atoms with E-state index >= 15 is 4.39 Å². The van der Waals surface area contributed by atoms with Crippen LogP contribution in [0.1, 0.15) is 32.3 Å². The van der Waals surface area contributed by atoms with Crippen molar-refractivity contribution in [1.82, 2.24) is 15.2 Å². The number of halogens is 1. The van der Waals surface area contributed by atoms with Crippen LogP contribution in [0.25, 0.3) is 20.7 Å². The molecule has 0 atom stereocenters. The minimum absolute atomic E-state index is 0.0195. The van der Waals surface area contributed by atoms with E-state index in [2.05, 4.69) is 10.3 Å². The highest BCUT2D eigenvalue weighted by atomic mass is 32.1. The molecule has 4 amide bonds. The molecule has 220 valence electrons. The van der Waals surface area contributed by atoms with Crippen LogP contribution in [0.3, 0.4) is 0 Å². The summed E-state index contributed by atoms with van der Waals surface area (Å²) in [6.45, 7) is 5.24. The predicted octanol–water partition coefficient (Wildman–Crippen LogP) is 6.51. The molecule has 1 saturated carbocycles. The Labute approximate surface area is 248 Å². The Morgan fingerprint density at radius 3 is 2.52 bits per heavy atom. The van der Waals surface area contributed by atoms with Gasteiger partial charge >= 0.3 is 12.1 Å². The molecule has 0 radical (unpaired) electrons. The van der Waals surface area contributed by atoms with E-state index in [1.54, 1.807) is 30.3 Å². The van der Waals surface area contributed by atoms with E-state index in [4.69, 9.17) is 15.2 Å². The first-order valence-electron chi connectivity index (χ1n) is 13.8. The lowest BCUT2D eigenvalue weighted by Gasteiger charge is -2.24. The molecule has 2 aromatic heterocycles. The van der Waals surface area contributed by atoms with E-state index in [0.29, 0.717) is 31.1 Å². The monoisotopic (exact) mass is 591 g/mol. The van der Waals surface area contributed by atoms with E-state index in [0.717, 1.165) is 39.1 Å². The maximum absolute atomic E-state index is 15.1. The number of thiophene rings is 1. The first kappa shape index (κ1) is 29.3. The summed E-state index contributed by atoms with van der Waals surface area (Å²) >= 11 is 1.50. The Morgan fingerprint density at radius 1 is 1.12 bits per heavy atom. The summed E-state index contributed by atoms with van der Waals surface area (Å²) in [4.78, 5) is 33.1. The van der Waals surface area contributed by atoms with Gasteiger partial charge in [-0.2, -0.15) is 0 Å². The van der Waals surface area contributed by atoms with Gasteiger partial charge in [-0.15, -0.1) is 11.3 Å². The summed E-state index contributed by atoms with van der Waals surface area (Å²) in [7, 11) is 1.62. The van der Waals surface area contributed by atoms with Gasteiger partial charge in [-0.1, -0.05) is 24.3 Å². The molecule has 5 rings (SSSR count). The van der Waals surface area contributed by atoms with E-state index in [1.807, 2.05) is 44.2 Å². The standard InChI is InChI=1S/C31H34FN5O4S/c1-19(2)35-31(39)36(14-15-40-3)18-20-4-6-21(7-5-20)28-17-25-29(42-28)27(12-13-34-25)41-26-11-10-23(16-24(26)32)37(30(33)38)22-8-9-22/h4-7,10-13,16-17,19,22H,8-9,14-15,18H2,1-3H3,(H2,33,38)(H,35,39). The molecule has 42 heavy (non-hydrogen) atoms. The maximum atomic E-state index is 15.1. The number of nitrogens with zero attached hydrogens (tertiary/aromatic N) is 3. The first-order valence-corrected chi connectivity index (χ1v) is 14.6. The van der Waals surface area contributed by atoms with Gasteiger partial charge in [-0.25, -0.2) is 14.0 Å². The highest BCUT2D eigenvalue weighted by Crippen LogP contribution is 2.40. The molecule has 0 spiro atoms. The predicted molar refractivity (Wildman–Crippen MR) is 163 cm³/mol. The fourth-order valence-electron chi connectivity index (χ4n) is 4.62. The van der Waals surface area contributed by atoms with Crippen molar-refractivity contribution in [3.05, 3.63) is 72.2 Å². The number of pyridine rings is 1. The number of methoxy groups -OCH3 is 1. The average molecular weight is 592 g/mol. The van der Waals surface area contributed by atoms with Crippen LogP contribution < -0.4 is 20.7 Å². The van der Waals surface area contributed by atoms with Crippen LogP contribution in [-0.2, 0) is 11.3 Å². The summed E-state index contributed by atoms with van der Waals surface area (Å²) in [5.41, 5.74) is 8.65. The Morgan fingerprint density at radius 2 is 1.88 bits per heavy atom. The Kier molecular flexibility index (Phi) is 8.89. The van der Waals surface area contributed by atoms with E-state index < -0.39 is 11.8 Å². The van der Waals surface area contributed by atoms with Crippen LogP contribution >= 0.6 is 11.3 Å². The van der Waals surface area contributed by atoms with Crippen LogP contribution in [0.4, 0.5) is 19.7 Å². The number of anilines is 1. The molecule has 0 unspecified atom stereocenters. The summed E-state index contributed by atoms with van der Waals surface area (Å²) in [6.07, 6.45) is 3.33. The van der Waals surface area contributed by atoms with Crippen molar-refractivity contribution in [2.45, 2.75) is 45.3 Å². The summed E-state index contributed by atoms with van der Waals surface area (Å²) in [5, 5.41) is 2.94. The number of rotatable bonds is 11. The quantitative estimate of drug-likeness (QED) is 0.207. The number of nitrogens with two attached hydrogens (primary N) is 1. The normalized spacial score (nSPS) is 12.9. The van der Waals surface area contributed by atoms with Crippen LogP contribution in [0.5, 0.6) is 11.5 Å². The van der Waals surface area contributed by atoms with Gasteiger partial charge in [0.1, 0.15) is 5.75 Å². The smallest absolute Gasteiger partial charge is 0.319 e. The third-order valence-electron chi connectivity index (χ3n) is 6.82. The van der Waals surface area contributed by atoms with Gasteiger partial charge in [0.15, 0.2) is 11.6 Å². The van der Waals surface area contributed by atoms with Gasteiger partial charge in [-0.05, 0) is 56.0 Å². The van der Waals surface area contributed by atoms with Gasteiger partial charge in [-0.3, -0.25) is 9.88 Å². The third kappa shape index (κ3) is 6.80. The molecule has 11 heteroatoms. The number of hydrogen-bond donors (Lipinski definition) is 2. The molecule has 1 fully saturated rings. The first-order chi connectivity index (χ1) is 20.2.